The van der Waals surface area contributed by atoms with Crippen molar-refractivity contribution in [2.75, 3.05) is 5.32 Å². The van der Waals surface area contributed by atoms with Gasteiger partial charge in [-0.25, -0.2) is 4.98 Å². The molecule has 0 radical (unpaired) electrons. The van der Waals surface area contributed by atoms with E-state index in [0.717, 1.165) is 26.4 Å². The van der Waals surface area contributed by atoms with E-state index in [1.807, 2.05) is 78.9 Å². The standard InChI is InChI=1S/C25H22N2O3S/c1-17(30-24(28)16-15-23-26-21-13-7-8-14-22(21)31-23)25(29)27-20-12-6-5-11-19(20)18-9-3-2-4-10-18/h2-14,17H,15-16H2,1H3,(H,27,29)/t17-/m1/s1. The molecule has 4 rings (SSSR count). The summed E-state index contributed by atoms with van der Waals surface area (Å²) in [6, 6.07) is 25.2. The Morgan fingerprint density at radius 2 is 1.68 bits per heavy atom. The Bertz CT molecular complexity index is 1170. The van der Waals surface area contributed by atoms with Gasteiger partial charge in [-0.3, -0.25) is 9.59 Å². The molecule has 5 nitrogen and oxygen atoms in total. The van der Waals surface area contributed by atoms with Gasteiger partial charge in [-0.1, -0.05) is 60.7 Å². The average Bonchev–Trinajstić information content (AvgIpc) is 3.22. The smallest absolute Gasteiger partial charge is 0.306 e. The van der Waals surface area contributed by atoms with E-state index < -0.39 is 12.1 Å². The minimum atomic E-state index is -0.897. The highest BCUT2D eigenvalue weighted by Gasteiger charge is 2.19. The number of hydrogen-bond acceptors (Lipinski definition) is 5. The first-order valence-electron chi connectivity index (χ1n) is 10.1. The number of nitrogens with one attached hydrogen (secondary N) is 1. The topological polar surface area (TPSA) is 68.3 Å². The van der Waals surface area contributed by atoms with Crippen LogP contribution in [0.1, 0.15) is 18.4 Å². The van der Waals surface area contributed by atoms with Gasteiger partial charge in [0.2, 0.25) is 0 Å². The molecule has 0 unspecified atom stereocenters. The number of hydrogen-bond donors (Lipinski definition) is 1. The molecule has 0 bridgehead atoms. The number of rotatable bonds is 7. The quantitative estimate of drug-likeness (QED) is 0.395. The van der Waals surface area contributed by atoms with Crippen LogP contribution in [0.15, 0.2) is 78.9 Å². The number of para-hydroxylation sites is 2. The first-order valence-corrected chi connectivity index (χ1v) is 10.9. The molecule has 3 aromatic carbocycles. The number of fused-ring (bicyclic) bond motifs is 1. The number of ether oxygens (including phenoxy) is 1. The SMILES string of the molecule is C[C@@H](OC(=O)CCc1nc2ccccc2s1)C(=O)Nc1ccccc1-c1ccccc1. The van der Waals surface area contributed by atoms with Gasteiger partial charge >= 0.3 is 5.97 Å². The summed E-state index contributed by atoms with van der Waals surface area (Å²) < 4.78 is 6.44. The first-order chi connectivity index (χ1) is 15.1. The van der Waals surface area contributed by atoms with Gasteiger partial charge in [0.05, 0.1) is 21.6 Å². The Morgan fingerprint density at radius 1 is 0.968 bits per heavy atom. The van der Waals surface area contributed by atoms with Crippen molar-refractivity contribution in [2.45, 2.75) is 25.9 Å². The molecule has 0 saturated heterocycles. The number of benzene rings is 3. The minimum absolute atomic E-state index is 0.179. The summed E-state index contributed by atoms with van der Waals surface area (Å²) in [6.07, 6.45) is -0.229. The zero-order valence-corrected chi connectivity index (χ0v) is 17.9. The maximum atomic E-state index is 12.6. The fourth-order valence-electron chi connectivity index (χ4n) is 3.24. The third-order valence-electron chi connectivity index (χ3n) is 4.83. The second-order valence-electron chi connectivity index (χ2n) is 7.11. The highest BCUT2D eigenvalue weighted by Crippen LogP contribution is 2.28. The van der Waals surface area contributed by atoms with Crippen LogP contribution in [0, 0.1) is 0 Å². The number of amides is 1. The normalized spacial score (nSPS) is 11.8. The number of anilines is 1. The molecule has 1 N–H and O–H groups in total. The highest BCUT2D eigenvalue weighted by molar-refractivity contribution is 7.18. The number of aromatic nitrogens is 1. The van der Waals surface area contributed by atoms with Crippen LogP contribution < -0.4 is 5.32 Å². The molecule has 0 aliphatic rings. The van der Waals surface area contributed by atoms with Gasteiger partial charge in [0.15, 0.2) is 6.10 Å². The van der Waals surface area contributed by atoms with E-state index in [0.29, 0.717) is 12.1 Å². The fraction of sp³-hybridized carbons (Fsp3) is 0.160. The molecule has 0 fully saturated rings. The van der Waals surface area contributed by atoms with Crippen molar-refractivity contribution in [1.29, 1.82) is 0 Å². The van der Waals surface area contributed by atoms with Gasteiger partial charge in [-0.05, 0) is 30.7 Å². The van der Waals surface area contributed by atoms with Crippen LogP contribution in [0.3, 0.4) is 0 Å². The second-order valence-corrected chi connectivity index (χ2v) is 8.22. The molecule has 6 heteroatoms. The third kappa shape index (κ3) is 5.16. The van der Waals surface area contributed by atoms with E-state index in [2.05, 4.69) is 10.3 Å². The van der Waals surface area contributed by atoms with Crippen molar-refractivity contribution < 1.29 is 14.3 Å². The summed E-state index contributed by atoms with van der Waals surface area (Å²) in [5.74, 6) is -0.782. The van der Waals surface area contributed by atoms with Gasteiger partial charge in [-0.2, -0.15) is 0 Å². The lowest BCUT2D eigenvalue weighted by Gasteiger charge is -2.15. The van der Waals surface area contributed by atoms with Crippen molar-refractivity contribution in [2.24, 2.45) is 0 Å². The van der Waals surface area contributed by atoms with Crippen LogP contribution >= 0.6 is 11.3 Å². The number of nitrogens with zero attached hydrogens (tertiary/aromatic N) is 1. The molecule has 31 heavy (non-hydrogen) atoms. The molecule has 1 amide bonds. The Hall–Kier alpha value is -3.51. The molecule has 156 valence electrons. The summed E-state index contributed by atoms with van der Waals surface area (Å²) in [6.45, 7) is 1.58. The predicted octanol–water partition coefficient (Wildman–Crippen LogP) is 5.47. The molecule has 0 aliphatic heterocycles. The Morgan fingerprint density at radius 3 is 2.48 bits per heavy atom. The van der Waals surface area contributed by atoms with Crippen molar-refractivity contribution >= 4 is 39.1 Å². The monoisotopic (exact) mass is 430 g/mol. The summed E-state index contributed by atoms with van der Waals surface area (Å²) in [5, 5.41) is 3.76. The molecule has 0 saturated carbocycles. The summed E-state index contributed by atoms with van der Waals surface area (Å²) in [7, 11) is 0. The first kappa shape index (κ1) is 20.8. The van der Waals surface area contributed by atoms with E-state index in [-0.39, 0.29) is 12.3 Å². The number of esters is 1. The molecular formula is C25H22N2O3S. The van der Waals surface area contributed by atoms with Crippen molar-refractivity contribution in [3.63, 3.8) is 0 Å². The maximum Gasteiger partial charge on any atom is 0.306 e. The van der Waals surface area contributed by atoms with Gasteiger partial charge in [0.25, 0.3) is 5.91 Å². The van der Waals surface area contributed by atoms with Crippen molar-refractivity contribution in [1.82, 2.24) is 4.98 Å². The zero-order valence-electron chi connectivity index (χ0n) is 17.1. The van der Waals surface area contributed by atoms with Crippen LogP contribution in [0.4, 0.5) is 5.69 Å². The number of carbonyl (C=O) groups is 2. The summed E-state index contributed by atoms with van der Waals surface area (Å²) >= 11 is 1.57. The van der Waals surface area contributed by atoms with E-state index in [1.54, 1.807) is 18.3 Å². The lowest BCUT2D eigenvalue weighted by Crippen LogP contribution is -2.30. The van der Waals surface area contributed by atoms with Crippen LogP contribution in [0.25, 0.3) is 21.3 Å². The molecule has 1 aromatic heterocycles. The second kappa shape index (κ2) is 9.53. The summed E-state index contributed by atoms with van der Waals surface area (Å²) in [4.78, 5) is 29.4. The van der Waals surface area contributed by atoms with Crippen molar-refractivity contribution in [3.05, 3.63) is 83.9 Å². The van der Waals surface area contributed by atoms with E-state index in [9.17, 15) is 9.59 Å². The van der Waals surface area contributed by atoms with Crippen LogP contribution in [0.2, 0.25) is 0 Å². The van der Waals surface area contributed by atoms with Gasteiger partial charge in [0.1, 0.15) is 0 Å². The predicted molar refractivity (Wildman–Crippen MR) is 124 cm³/mol. The van der Waals surface area contributed by atoms with E-state index >= 15 is 0 Å². The van der Waals surface area contributed by atoms with Gasteiger partial charge in [-0.15, -0.1) is 11.3 Å². The Kier molecular flexibility index (Phi) is 6.38. The molecular weight excluding hydrogens is 408 g/mol. The Balaban J connectivity index is 1.34. The van der Waals surface area contributed by atoms with Gasteiger partial charge < -0.3 is 10.1 Å². The summed E-state index contributed by atoms with van der Waals surface area (Å²) in [5.41, 5.74) is 3.52. The number of carbonyl (C=O) groups excluding carboxylic acids is 2. The fourth-order valence-corrected chi connectivity index (χ4v) is 4.21. The molecule has 0 aliphatic carbocycles. The lowest BCUT2D eigenvalue weighted by molar-refractivity contribution is -0.153. The lowest BCUT2D eigenvalue weighted by atomic mass is 10.0. The molecule has 4 aromatic rings. The number of aryl methyl sites for hydroxylation is 1. The minimum Gasteiger partial charge on any atom is -0.453 e. The highest BCUT2D eigenvalue weighted by atomic mass is 32.1. The van der Waals surface area contributed by atoms with Crippen LogP contribution in [-0.2, 0) is 20.7 Å². The number of thiazole rings is 1. The maximum absolute atomic E-state index is 12.6. The third-order valence-corrected chi connectivity index (χ3v) is 5.92. The largest absolute Gasteiger partial charge is 0.453 e. The van der Waals surface area contributed by atoms with Crippen LogP contribution in [-0.4, -0.2) is 23.0 Å². The van der Waals surface area contributed by atoms with E-state index in [4.69, 9.17) is 4.74 Å². The Labute approximate surface area is 184 Å². The van der Waals surface area contributed by atoms with Gasteiger partial charge in [0, 0.05) is 17.7 Å². The van der Waals surface area contributed by atoms with Crippen molar-refractivity contribution in [3.8, 4) is 11.1 Å². The van der Waals surface area contributed by atoms with E-state index in [1.165, 1.54) is 0 Å². The zero-order chi connectivity index (χ0) is 21.6. The molecule has 1 atom stereocenters. The van der Waals surface area contributed by atoms with Crippen LogP contribution in [0.5, 0.6) is 0 Å². The average molecular weight is 431 g/mol. The molecule has 0 spiro atoms. The molecule has 1 heterocycles.